The predicted molar refractivity (Wildman–Crippen MR) is 105 cm³/mol. The van der Waals surface area contributed by atoms with Gasteiger partial charge in [-0.3, -0.25) is 9.88 Å². The quantitative estimate of drug-likeness (QED) is 0.890. The van der Waals surface area contributed by atoms with E-state index in [0.717, 1.165) is 44.5 Å². The van der Waals surface area contributed by atoms with Gasteiger partial charge in [-0.05, 0) is 36.6 Å². The highest BCUT2D eigenvalue weighted by Gasteiger charge is 2.17. The normalized spacial score (nSPS) is 14.4. The minimum Gasteiger partial charge on any atom is -0.386 e. The summed E-state index contributed by atoms with van der Waals surface area (Å²) in [6, 6.07) is 7.78. The number of benzene rings is 1. The van der Waals surface area contributed by atoms with E-state index < -0.39 is 11.6 Å². The van der Waals surface area contributed by atoms with Crippen molar-refractivity contribution in [3.63, 3.8) is 0 Å². The monoisotopic (exact) mass is 374 g/mol. The van der Waals surface area contributed by atoms with Crippen LogP contribution in [0.3, 0.4) is 0 Å². The maximum atomic E-state index is 12.6. The second-order valence-corrected chi connectivity index (χ2v) is 6.59. The Kier molecular flexibility index (Phi) is 7.73. The van der Waals surface area contributed by atoms with Gasteiger partial charge in [0.1, 0.15) is 11.6 Å². The lowest BCUT2D eigenvalue weighted by atomic mass is 10.1. The van der Waals surface area contributed by atoms with E-state index in [1.165, 1.54) is 17.7 Å². The van der Waals surface area contributed by atoms with Crippen molar-refractivity contribution in [1.29, 1.82) is 0 Å². The summed E-state index contributed by atoms with van der Waals surface area (Å²) in [5.74, 6) is -0.292. The van der Waals surface area contributed by atoms with Crippen LogP contribution in [0.15, 0.2) is 48.9 Å². The Morgan fingerprint density at radius 3 is 2.41 bits per heavy atom. The maximum absolute atomic E-state index is 12.6. The molecule has 0 spiro atoms. The van der Waals surface area contributed by atoms with Crippen molar-refractivity contribution in [2.45, 2.75) is 26.8 Å². The van der Waals surface area contributed by atoms with Crippen molar-refractivity contribution in [2.24, 2.45) is 5.73 Å². The first-order chi connectivity index (χ1) is 12.9. The summed E-state index contributed by atoms with van der Waals surface area (Å²) in [6.45, 7) is 12.6. The molecule has 0 unspecified atom stereocenters. The highest BCUT2D eigenvalue weighted by atomic mass is 19.1. The molecule has 1 aliphatic rings. The number of pyridine rings is 1. The van der Waals surface area contributed by atoms with Gasteiger partial charge < -0.3 is 10.6 Å². The SMILES string of the molecule is C=C(N)N1CCN(Cc2cccnc2C)CC1.CCc1ccc(F)cc1F. The van der Waals surface area contributed by atoms with Crippen LogP contribution in [-0.2, 0) is 13.0 Å². The number of hydrogen-bond donors (Lipinski definition) is 1. The van der Waals surface area contributed by atoms with Crippen LogP contribution >= 0.6 is 0 Å². The summed E-state index contributed by atoms with van der Waals surface area (Å²) in [7, 11) is 0. The molecule has 0 saturated carbocycles. The molecule has 0 atom stereocenters. The molecule has 2 N–H and O–H groups in total. The smallest absolute Gasteiger partial charge is 0.129 e. The number of halogens is 2. The minimum absolute atomic E-state index is 0.456. The van der Waals surface area contributed by atoms with Crippen LogP contribution in [0.25, 0.3) is 0 Å². The maximum Gasteiger partial charge on any atom is 0.129 e. The van der Waals surface area contributed by atoms with Gasteiger partial charge in [-0.15, -0.1) is 0 Å². The van der Waals surface area contributed by atoms with Crippen molar-refractivity contribution in [3.05, 3.63) is 77.4 Å². The third-order valence-electron chi connectivity index (χ3n) is 4.68. The van der Waals surface area contributed by atoms with Gasteiger partial charge in [0.05, 0.1) is 5.82 Å². The zero-order valence-electron chi connectivity index (χ0n) is 16.1. The van der Waals surface area contributed by atoms with Crippen LogP contribution in [-0.4, -0.2) is 41.0 Å². The number of rotatable bonds is 4. The lowest BCUT2D eigenvalue weighted by Gasteiger charge is -2.35. The van der Waals surface area contributed by atoms with Gasteiger partial charge in [-0.1, -0.05) is 25.6 Å². The fourth-order valence-corrected chi connectivity index (χ4v) is 2.93. The van der Waals surface area contributed by atoms with E-state index in [-0.39, 0.29) is 0 Å². The molecule has 2 aromatic rings. The van der Waals surface area contributed by atoms with Crippen molar-refractivity contribution in [3.8, 4) is 0 Å². The lowest BCUT2D eigenvalue weighted by Crippen LogP contribution is -2.46. The van der Waals surface area contributed by atoms with Crippen molar-refractivity contribution in [1.82, 2.24) is 14.8 Å². The number of nitrogens with two attached hydrogens (primary N) is 1. The molecular formula is C21H28F2N4. The number of nitrogens with zero attached hydrogens (tertiary/aromatic N) is 3. The molecule has 2 heterocycles. The molecule has 146 valence electrons. The van der Waals surface area contributed by atoms with Crippen molar-refractivity contribution < 1.29 is 8.78 Å². The van der Waals surface area contributed by atoms with Gasteiger partial charge in [0.2, 0.25) is 0 Å². The van der Waals surface area contributed by atoms with Crippen LogP contribution in [0.5, 0.6) is 0 Å². The van der Waals surface area contributed by atoms with E-state index in [2.05, 4.69) is 34.4 Å². The van der Waals surface area contributed by atoms with Crippen LogP contribution in [0.2, 0.25) is 0 Å². The average Bonchev–Trinajstić information content (AvgIpc) is 2.65. The molecule has 1 fully saturated rings. The van der Waals surface area contributed by atoms with Gasteiger partial charge in [-0.25, -0.2) is 8.78 Å². The van der Waals surface area contributed by atoms with Gasteiger partial charge in [0.15, 0.2) is 0 Å². The second kappa shape index (κ2) is 10.0. The molecule has 1 aromatic heterocycles. The number of piperazine rings is 1. The molecule has 0 aliphatic carbocycles. The molecule has 1 aliphatic heterocycles. The largest absolute Gasteiger partial charge is 0.386 e. The average molecular weight is 374 g/mol. The van der Waals surface area contributed by atoms with Gasteiger partial charge in [0, 0.05) is 50.7 Å². The summed E-state index contributed by atoms with van der Waals surface area (Å²) in [5.41, 5.74) is 8.68. The fourth-order valence-electron chi connectivity index (χ4n) is 2.93. The molecule has 27 heavy (non-hydrogen) atoms. The first-order valence-corrected chi connectivity index (χ1v) is 9.16. The summed E-state index contributed by atoms with van der Waals surface area (Å²) >= 11 is 0. The fraction of sp³-hybridized carbons (Fsp3) is 0.381. The molecule has 0 amide bonds. The summed E-state index contributed by atoms with van der Waals surface area (Å²) in [4.78, 5) is 8.88. The second-order valence-electron chi connectivity index (χ2n) is 6.59. The molecule has 0 bridgehead atoms. The molecule has 6 heteroatoms. The highest BCUT2D eigenvalue weighted by molar-refractivity contribution is 5.18. The standard InChI is InChI=1S/C13H20N4.C8H8F2/c1-11-13(4-3-5-15-11)10-16-6-8-17(9-7-16)12(2)14;1-2-6-3-4-7(9)5-8(6)10/h3-5H,2,6-10,14H2,1H3;3-5H,2H2,1H3. The van der Waals surface area contributed by atoms with Gasteiger partial charge >= 0.3 is 0 Å². The van der Waals surface area contributed by atoms with E-state index in [1.807, 2.05) is 19.2 Å². The Labute approximate surface area is 160 Å². The topological polar surface area (TPSA) is 45.4 Å². The molecule has 4 nitrogen and oxygen atoms in total. The molecule has 1 saturated heterocycles. The van der Waals surface area contributed by atoms with E-state index in [9.17, 15) is 8.78 Å². The van der Waals surface area contributed by atoms with Crippen LogP contribution in [0, 0.1) is 18.6 Å². The Morgan fingerprint density at radius 1 is 1.15 bits per heavy atom. The summed E-state index contributed by atoms with van der Waals surface area (Å²) in [5, 5.41) is 0. The van der Waals surface area contributed by atoms with Gasteiger partial charge in [-0.2, -0.15) is 0 Å². The van der Waals surface area contributed by atoms with E-state index in [1.54, 1.807) is 0 Å². The highest BCUT2D eigenvalue weighted by Crippen LogP contribution is 2.11. The minimum atomic E-state index is -0.519. The van der Waals surface area contributed by atoms with E-state index in [0.29, 0.717) is 17.8 Å². The van der Waals surface area contributed by atoms with Crippen LogP contribution < -0.4 is 5.73 Å². The molecular weight excluding hydrogens is 346 g/mol. The first kappa shape index (κ1) is 20.8. The Balaban J connectivity index is 0.000000223. The summed E-state index contributed by atoms with van der Waals surface area (Å²) < 4.78 is 24.9. The van der Waals surface area contributed by atoms with Crippen LogP contribution in [0.4, 0.5) is 8.78 Å². The predicted octanol–water partition coefficient (Wildman–Crippen LogP) is 3.46. The Hall–Kier alpha value is -2.47. The number of hydrogen-bond acceptors (Lipinski definition) is 4. The molecule has 1 aromatic carbocycles. The lowest BCUT2D eigenvalue weighted by molar-refractivity contribution is 0.152. The zero-order chi connectivity index (χ0) is 19.8. The number of aromatic nitrogens is 1. The van der Waals surface area contributed by atoms with Crippen molar-refractivity contribution in [2.75, 3.05) is 26.2 Å². The number of aryl methyl sites for hydroxylation is 2. The van der Waals surface area contributed by atoms with Crippen molar-refractivity contribution >= 4 is 0 Å². The van der Waals surface area contributed by atoms with Crippen LogP contribution in [0.1, 0.15) is 23.7 Å². The first-order valence-electron chi connectivity index (χ1n) is 9.16. The van der Waals surface area contributed by atoms with E-state index >= 15 is 0 Å². The van der Waals surface area contributed by atoms with Gasteiger partial charge in [0.25, 0.3) is 0 Å². The zero-order valence-corrected chi connectivity index (χ0v) is 16.1. The summed E-state index contributed by atoms with van der Waals surface area (Å²) in [6.07, 6.45) is 2.45. The molecule has 0 radical (unpaired) electrons. The Morgan fingerprint density at radius 2 is 1.85 bits per heavy atom. The third-order valence-corrected chi connectivity index (χ3v) is 4.68. The Bertz CT molecular complexity index is 756. The van der Waals surface area contributed by atoms with E-state index in [4.69, 9.17) is 5.73 Å². The third kappa shape index (κ3) is 6.32. The molecule has 3 rings (SSSR count).